The predicted molar refractivity (Wildman–Crippen MR) is 140 cm³/mol. The molecule has 1 atom stereocenters. The fourth-order valence-electron chi connectivity index (χ4n) is 4.69. The van der Waals surface area contributed by atoms with Gasteiger partial charge in [-0.05, 0) is 30.9 Å². The molecule has 1 aromatic carbocycles. The summed E-state index contributed by atoms with van der Waals surface area (Å²) in [6.45, 7) is 0.425. The van der Waals surface area contributed by atoms with Gasteiger partial charge < -0.3 is 19.9 Å². The number of aromatic nitrogens is 4. The molecule has 0 radical (unpaired) electrons. The summed E-state index contributed by atoms with van der Waals surface area (Å²) in [6, 6.07) is 3.89. The first-order valence-electron chi connectivity index (χ1n) is 11.8. The first-order valence-corrected chi connectivity index (χ1v) is 12.7. The van der Waals surface area contributed by atoms with E-state index in [-0.39, 0.29) is 17.7 Å². The molecule has 188 valence electrons. The molecule has 2 N–H and O–H groups in total. The van der Waals surface area contributed by atoms with Crippen molar-refractivity contribution >= 4 is 55.8 Å². The normalized spacial score (nSPS) is 15.1. The summed E-state index contributed by atoms with van der Waals surface area (Å²) < 4.78 is 5.59. The number of fused-ring (bicyclic) bond motifs is 4. The summed E-state index contributed by atoms with van der Waals surface area (Å²) in [5, 5.41) is 12.5. The van der Waals surface area contributed by atoms with Crippen LogP contribution in [0.15, 0.2) is 24.7 Å². The number of nitrogens with zero attached hydrogens (tertiary/aromatic N) is 5. The van der Waals surface area contributed by atoms with Gasteiger partial charge in [0.15, 0.2) is 0 Å². The highest BCUT2D eigenvalue weighted by Gasteiger charge is 2.31. The number of aromatic amines is 1. The monoisotopic (exact) mass is 507 g/mol. The van der Waals surface area contributed by atoms with E-state index in [1.807, 2.05) is 12.1 Å². The van der Waals surface area contributed by atoms with Crippen molar-refractivity contribution < 1.29 is 14.3 Å². The number of carbonyl (C=O) groups excluding carboxylic acids is 2. The second kappa shape index (κ2) is 9.73. The van der Waals surface area contributed by atoms with Crippen LogP contribution >= 0.6 is 11.3 Å². The minimum Gasteiger partial charge on any atom is -0.494 e. The number of thiophene rings is 1. The molecule has 0 bridgehead atoms. The van der Waals surface area contributed by atoms with E-state index < -0.39 is 0 Å². The van der Waals surface area contributed by atoms with Crippen LogP contribution in [0, 0.1) is 5.92 Å². The largest absolute Gasteiger partial charge is 0.494 e. The highest BCUT2D eigenvalue weighted by molar-refractivity contribution is 7.19. The number of aryl methyl sites for hydroxylation is 1. The number of amides is 2. The lowest BCUT2D eigenvalue weighted by atomic mass is 9.87. The van der Waals surface area contributed by atoms with Gasteiger partial charge >= 0.3 is 0 Å². The number of anilines is 2. The predicted octanol–water partition coefficient (Wildman–Crippen LogP) is 3.36. The average molecular weight is 508 g/mol. The van der Waals surface area contributed by atoms with Crippen molar-refractivity contribution in [3.8, 4) is 5.75 Å². The van der Waals surface area contributed by atoms with Gasteiger partial charge in [0.05, 0.1) is 29.9 Å². The van der Waals surface area contributed by atoms with Crippen molar-refractivity contribution in [3.63, 3.8) is 0 Å². The summed E-state index contributed by atoms with van der Waals surface area (Å²) in [6.07, 6.45) is 5.86. The molecule has 4 aromatic rings. The van der Waals surface area contributed by atoms with E-state index in [1.165, 1.54) is 10.4 Å². The van der Waals surface area contributed by atoms with Crippen molar-refractivity contribution in [1.82, 2.24) is 30.0 Å². The maximum atomic E-state index is 13.1. The molecule has 0 spiro atoms. The van der Waals surface area contributed by atoms with Crippen molar-refractivity contribution in [1.29, 1.82) is 0 Å². The lowest BCUT2D eigenvalue weighted by molar-refractivity contribution is -0.135. The van der Waals surface area contributed by atoms with E-state index in [2.05, 4.69) is 25.5 Å². The minimum absolute atomic E-state index is 0.0206. The van der Waals surface area contributed by atoms with Crippen molar-refractivity contribution in [2.75, 3.05) is 40.1 Å². The topological polar surface area (TPSA) is 116 Å². The molecule has 3 heterocycles. The zero-order chi connectivity index (χ0) is 25.4. The second-order valence-electron chi connectivity index (χ2n) is 9.28. The average Bonchev–Trinajstić information content (AvgIpc) is 3.49. The summed E-state index contributed by atoms with van der Waals surface area (Å²) in [7, 11) is 6.87. The van der Waals surface area contributed by atoms with Gasteiger partial charge in [-0.25, -0.2) is 9.97 Å². The van der Waals surface area contributed by atoms with Crippen LogP contribution < -0.4 is 10.1 Å². The Balaban J connectivity index is 1.38. The van der Waals surface area contributed by atoms with E-state index in [9.17, 15) is 9.59 Å². The van der Waals surface area contributed by atoms with Crippen LogP contribution in [0.25, 0.3) is 21.1 Å². The number of carbonyl (C=O) groups is 2. The number of rotatable bonds is 7. The number of methoxy groups -OCH3 is 1. The Morgan fingerprint density at radius 2 is 2.08 bits per heavy atom. The van der Waals surface area contributed by atoms with Crippen molar-refractivity contribution in [2.24, 2.45) is 5.92 Å². The summed E-state index contributed by atoms with van der Waals surface area (Å²) in [5.41, 5.74) is 2.89. The highest BCUT2D eigenvalue weighted by Crippen LogP contribution is 2.41. The standard InChI is InChI=1S/C25H29N7O3S/c1-31(2)21(33)7-8-32(3)25(34)14-5-6-16-20(10-14)36-24-22(16)23(26-13-27-24)29-18-9-15-12-28-30-17(15)11-19(18)35-4/h9,11-14H,5-8,10H2,1-4H3,(H,28,30)(H,26,27,29)/t14-/m0/s1. The van der Waals surface area contributed by atoms with E-state index >= 15 is 0 Å². The van der Waals surface area contributed by atoms with Crippen LogP contribution in [0.2, 0.25) is 0 Å². The molecular formula is C25H29N7O3S. The van der Waals surface area contributed by atoms with E-state index in [0.717, 1.165) is 45.5 Å². The third-order valence-electron chi connectivity index (χ3n) is 6.74. The highest BCUT2D eigenvalue weighted by atomic mass is 32.1. The lowest BCUT2D eigenvalue weighted by Gasteiger charge is -2.27. The van der Waals surface area contributed by atoms with Gasteiger partial charge in [-0.15, -0.1) is 11.3 Å². The Morgan fingerprint density at radius 3 is 2.86 bits per heavy atom. The molecule has 0 saturated carbocycles. The number of H-pyrrole nitrogens is 1. The van der Waals surface area contributed by atoms with Crippen LogP contribution in [0.5, 0.6) is 5.75 Å². The third-order valence-corrected chi connectivity index (χ3v) is 7.91. The van der Waals surface area contributed by atoms with Crippen LogP contribution in [-0.4, -0.2) is 76.6 Å². The Labute approximate surface area is 212 Å². The van der Waals surface area contributed by atoms with Gasteiger partial charge in [0.25, 0.3) is 0 Å². The third kappa shape index (κ3) is 4.46. The van der Waals surface area contributed by atoms with Crippen molar-refractivity contribution in [2.45, 2.75) is 25.7 Å². The Hall–Kier alpha value is -3.73. The number of hydrogen-bond acceptors (Lipinski definition) is 8. The summed E-state index contributed by atoms with van der Waals surface area (Å²) >= 11 is 1.62. The van der Waals surface area contributed by atoms with Crippen LogP contribution in [0.4, 0.5) is 11.5 Å². The smallest absolute Gasteiger partial charge is 0.225 e. The quantitative estimate of drug-likeness (QED) is 0.394. The molecular weight excluding hydrogens is 478 g/mol. The van der Waals surface area contributed by atoms with Gasteiger partial charge in [0.2, 0.25) is 11.8 Å². The van der Waals surface area contributed by atoms with Gasteiger partial charge in [-0.1, -0.05) is 0 Å². The molecule has 11 heteroatoms. The first kappa shape index (κ1) is 24.0. The molecule has 1 aliphatic carbocycles. The SMILES string of the molecule is COc1cc2[nH]ncc2cc1Nc1ncnc2sc3c(c12)CC[C@H](C(=O)N(C)CCC(=O)N(C)C)C3. The maximum Gasteiger partial charge on any atom is 0.225 e. The fraction of sp³-hybridized carbons (Fsp3) is 0.400. The molecule has 3 aromatic heterocycles. The summed E-state index contributed by atoms with van der Waals surface area (Å²) in [5.74, 6) is 1.42. The molecule has 0 unspecified atom stereocenters. The van der Waals surface area contributed by atoms with Crippen LogP contribution in [0.1, 0.15) is 23.3 Å². The maximum absolute atomic E-state index is 13.1. The van der Waals surface area contributed by atoms with Gasteiger partial charge in [-0.2, -0.15) is 5.10 Å². The molecule has 36 heavy (non-hydrogen) atoms. The summed E-state index contributed by atoms with van der Waals surface area (Å²) in [4.78, 5) is 39.4. The molecule has 5 rings (SSSR count). The van der Waals surface area contributed by atoms with Crippen LogP contribution in [0.3, 0.4) is 0 Å². The number of nitrogens with one attached hydrogen (secondary N) is 2. The minimum atomic E-state index is -0.0991. The van der Waals surface area contributed by atoms with Gasteiger partial charge in [0.1, 0.15) is 22.7 Å². The van der Waals surface area contributed by atoms with Crippen LogP contribution in [-0.2, 0) is 22.4 Å². The molecule has 0 fully saturated rings. The Kier molecular flexibility index (Phi) is 6.48. The number of ether oxygens (including phenoxy) is 1. The molecule has 0 aliphatic heterocycles. The van der Waals surface area contributed by atoms with Crippen molar-refractivity contribution in [3.05, 3.63) is 35.1 Å². The first-order chi connectivity index (χ1) is 17.4. The molecule has 1 aliphatic rings. The van der Waals surface area contributed by atoms with Gasteiger partial charge in [-0.3, -0.25) is 14.7 Å². The van der Waals surface area contributed by atoms with E-state index in [4.69, 9.17) is 4.74 Å². The molecule has 2 amide bonds. The van der Waals surface area contributed by atoms with E-state index in [0.29, 0.717) is 25.1 Å². The second-order valence-corrected chi connectivity index (χ2v) is 10.4. The Bertz CT molecular complexity index is 1440. The molecule has 0 saturated heterocycles. The van der Waals surface area contributed by atoms with Gasteiger partial charge in [0, 0.05) is 56.4 Å². The van der Waals surface area contributed by atoms with E-state index in [1.54, 1.807) is 61.9 Å². The zero-order valence-corrected chi connectivity index (χ0v) is 21.6. The zero-order valence-electron chi connectivity index (χ0n) is 20.8. The lowest BCUT2D eigenvalue weighted by Crippen LogP contribution is -2.37. The fourth-order valence-corrected chi connectivity index (χ4v) is 5.96. The Morgan fingerprint density at radius 1 is 1.25 bits per heavy atom. The number of benzene rings is 1. The molecule has 10 nitrogen and oxygen atoms in total. The number of hydrogen-bond donors (Lipinski definition) is 2.